The van der Waals surface area contributed by atoms with Crippen LogP contribution in [0.4, 0.5) is 5.69 Å². The highest BCUT2D eigenvalue weighted by Gasteiger charge is 2.13. The maximum absolute atomic E-state index is 6.49. The average Bonchev–Trinajstić information content (AvgIpc) is 2.67. The topological polar surface area (TPSA) is 30.5 Å². The van der Waals surface area contributed by atoms with E-state index in [1.165, 1.54) is 11.1 Å². The Bertz CT molecular complexity index is 1020. The van der Waals surface area contributed by atoms with Crippen molar-refractivity contribution >= 4 is 40.5 Å². The molecule has 0 aliphatic carbocycles. The Kier molecular flexibility index (Phi) is 7.18. The van der Waals surface area contributed by atoms with Gasteiger partial charge in [0.1, 0.15) is 6.61 Å². The van der Waals surface area contributed by atoms with E-state index in [-0.39, 0.29) is 6.61 Å². The van der Waals surface area contributed by atoms with Gasteiger partial charge in [-0.1, -0.05) is 58.6 Å². The second-order valence-electron chi connectivity index (χ2n) is 6.81. The van der Waals surface area contributed by atoms with Crippen molar-refractivity contribution in [3.05, 3.63) is 85.9 Å². The standard InChI is InChI=1S/C23H22Cl3NO2/c1-14-4-7-21(15(2)8-14)27-12-16-9-20(26)23(22(10-16)28-3)29-13-17-5-6-18(24)11-19(17)25/h4-11,27H,12-13H2,1-3H3. The third-order valence-electron chi connectivity index (χ3n) is 4.54. The van der Waals surface area contributed by atoms with Gasteiger partial charge in [-0.25, -0.2) is 0 Å². The fourth-order valence-electron chi connectivity index (χ4n) is 3.01. The van der Waals surface area contributed by atoms with Crippen molar-refractivity contribution in [2.45, 2.75) is 27.0 Å². The SMILES string of the molecule is COc1cc(CNc2ccc(C)cc2C)cc(Cl)c1OCc1ccc(Cl)cc1Cl. The van der Waals surface area contributed by atoms with Crippen LogP contribution in [0.1, 0.15) is 22.3 Å². The average molecular weight is 451 g/mol. The van der Waals surface area contributed by atoms with Crippen molar-refractivity contribution in [2.75, 3.05) is 12.4 Å². The van der Waals surface area contributed by atoms with Crippen LogP contribution in [0, 0.1) is 13.8 Å². The number of benzene rings is 3. The molecule has 0 bridgehead atoms. The van der Waals surface area contributed by atoms with Crippen LogP contribution in [0.5, 0.6) is 11.5 Å². The number of methoxy groups -OCH3 is 1. The number of anilines is 1. The molecule has 6 heteroatoms. The van der Waals surface area contributed by atoms with Crippen molar-refractivity contribution in [2.24, 2.45) is 0 Å². The third-order valence-corrected chi connectivity index (χ3v) is 5.41. The van der Waals surface area contributed by atoms with Crippen molar-refractivity contribution in [1.82, 2.24) is 0 Å². The van der Waals surface area contributed by atoms with Gasteiger partial charge in [0.15, 0.2) is 11.5 Å². The molecule has 3 aromatic rings. The second-order valence-corrected chi connectivity index (χ2v) is 8.06. The van der Waals surface area contributed by atoms with Crippen molar-refractivity contribution in [3.63, 3.8) is 0 Å². The summed E-state index contributed by atoms with van der Waals surface area (Å²) in [6.07, 6.45) is 0. The van der Waals surface area contributed by atoms with E-state index in [1.54, 1.807) is 19.2 Å². The summed E-state index contributed by atoms with van der Waals surface area (Å²) >= 11 is 18.7. The van der Waals surface area contributed by atoms with Gasteiger partial charge in [0, 0.05) is 27.8 Å². The predicted molar refractivity (Wildman–Crippen MR) is 122 cm³/mol. The first-order valence-electron chi connectivity index (χ1n) is 9.11. The molecule has 0 saturated heterocycles. The van der Waals surface area contributed by atoms with Crippen LogP contribution in [-0.2, 0) is 13.2 Å². The molecule has 0 radical (unpaired) electrons. The molecule has 0 saturated carbocycles. The Morgan fingerprint density at radius 1 is 0.897 bits per heavy atom. The maximum atomic E-state index is 6.49. The molecule has 3 nitrogen and oxygen atoms in total. The summed E-state index contributed by atoms with van der Waals surface area (Å²) in [7, 11) is 1.59. The van der Waals surface area contributed by atoms with Crippen LogP contribution >= 0.6 is 34.8 Å². The molecule has 0 aliphatic rings. The lowest BCUT2D eigenvalue weighted by molar-refractivity contribution is 0.284. The lowest BCUT2D eigenvalue weighted by Gasteiger charge is -2.16. The second kappa shape index (κ2) is 9.62. The van der Waals surface area contributed by atoms with Crippen LogP contribution in [0.2, 0.25) is 15.1 Å². The zero-order valence-electron chi connectivity index (χ0n) is 16.5. The fourth-order valence-corrected chi connectivity index (χ4v) is 3.76. The molecular weight excluding hydrogens is 429 g/mol. The zero-order chi connectivity index (χ0) is 21.0. The molecular formula is C23H22Cl3NO2. The van der Waals surface area contributed by atoms with Gasteiger partial charge in [0.2, 0.25) is 0 Å². The van der Waals surface area contributed by atoms with Gasteiger partial charge in [0.25, 0.3) is 0 Å². The van der Waals surface area contributed by atoms with Crippen molar-refractivity contribution in [1.29, 1.82) is 0 Å². The lowest BCUT2D eigenvalue weighted by Crippen LogP contribution is -2.04. The molecule has 0 spiro atoms. The molecule has 3 rings (SSSR count). The van der Waals surface area contributed by atoms with Crippen LogP contribution in [0.15, 0.2) is 48.5 Å². The molecule has 0 aliphatic heterocycles. The summed E-state index contributed by atoms with van der Waals surface area (Å²) in [5.74, 6) is 1.05. The Morgan fingerprint density at radius 2 is 1.69 bits per heavy atom. The van der Waals surface area contributed by atoms with E-state index in [0.29, 0.717) is 33.1 Å². The largest absolute Gasteiger partial charge is 0.493 e. The number of hydrogen-bond acceptors (Lipinski definition) is 3. The first-order valence-corrected chi connectivity index (χ1v) is 10.2. The Hall–Kier alpha value is -2.07. The predicted octanol–water partition coefficient (Wildman–Crippen LogP) is 7.46. The minimum atomic E-state index is 0.256. The number of ether oxygens (including phenoxy) is 2. The van der Waals surface area contributed by atoms with E-state index in [2.05, 4.69) is 37.4 Å². The van der Waals surface area contributed by atoms with Crippen LogP contribution in [0.25, 0.3) is 0 Å². The molecule has 0 unspecified atom stereocenters. The number of aryl methyl sites for hydroxylation is 2. The number of rotatable bonds is 7. The third kappa shape index (κ3) is 5.51. The first-order chi connectivity index (χ1) is 13.9. The maximum Gasteiger partial charge on any atom is 0.180 e. The summed E-state index contributed by atoms with van der Waals surface area (Å²) < 4.78 is 11.4. The van der Waals surface area contributed by atoms with Crippen molar-refractivity contribution < 1.29 is 9.47 Å². The summed E-state index contributed by atoms with van der Waals surface area (Å²) in [4.78, 5) is 0. The van der Waals surface area contributed by atoms with Gasteiger partial charge in [-0.15, -0.1) is 0 Å². The summed E-state index contributed by atoms with van der Waals surface area (Å²) in [5, 5.41) is 5.04. The summed E-state index contributed by atoms with van der Waals surface area (Å²) in [6.45, 7) is 5.04. The highest BCUT2D eigenvalue weighted by atomic mass is 35.5. The molecule has 0 amide bonds. The quantitative estimate of drug-likeness (QED) is 0.405. The van der Waals surface area contributed by atoms with E-state index in [9.17, 15) is 0 Å². The van der Waals surface area contributed by atoms with E-state index in [4.69, 9.17) is 44.3 Å². The Labute approximate surface area is 186 Å². The van der Waals surface area contributed by atoms with E-state index < -0.39 is 0 Å². The Morgan fingerprint density at radius 3 is 2.38 bits per heavy atom. The smallest absolute Gasteiger partial charge is 0.180 e. The lowest BCUT2D eigenvalue weighted by atomic mass is 10.1. The molecule has 3 aromatic carbocycles. The van der Waals surface area contributed by atoms with E-state index >= 15 is 0 Å². The number of halogens is 3. The highest BCUT2D eigenvalue weighted by Crippen LogP contribution is 2.37. The minimum absolute atomic E-state index is 0.256. The molecule has 0 aromatic heterocycles. The molecule has 0 atom stereocenters. The van der Waals surface area contributed by atoms with Gasteiger partial charge in [0.05, 0.1) is 12.1 Å². The van der Waals surface area contributed by atoms with E-state index in [1.807, 2.05) is 18.2 Å². The van der Waals surface area contributed by atoms with Gasteiger partial charge in [-0.2, -0.15) is 0 Å². The molecule has 0 fully saturated rings. The normalized spacial score (nSPS) is 10.7. The van der Waals surface area contributed by atoms with Gasteiger partial charge < -0.3 is 14.8 Å². The fraction of sp³-hybridized carbons (Fsp3) is 0.217. The monoisotopic (exact) mass is 449 g/mol. The molecule has 0 heterocycles. The van der Waals surface area contributed by atoms with Crippen molar-refractivity contribution in [3.8, 4) is 11.5 Å². The van der Waals surface area contributed by atoms with Gasteiger partial charge >= 0.3 is 0 Å². The summed E-state index contributed by atoms with van der Waals surface area (Å²) in [5.41, 5.74) is 5.32. The number of nitrogens with one attached hydrogen (secondary N) is 1. The van der Waals surface area contributed by atoms with Crippen LogP contribution in [-0.4, -0.2) is 7.11 Å². The molecule has 152 valence electrons. The highest BCUT2D eigenvalue weighted by molar-refractivity contribution is 6.35. The van der Waals surface area contributed by atoms with E-state index in [0.717, 1.165) is 16.8 Å². The first kappa shape index (κ1) is 21.6. The number of hydrogen-bond donors (Lipinski definition) is 1. The zero-order valence-corrected chi connectivity index (χ0v) is 18.8. The molecule has 29 heavy (non-hydrogen) atoms. The minimum Gasteiger partial charge on any atom is -0.493 e. The Balaban J connectivity index is 1.74. The van der Waals surface area contributed by atoms with Crippen LogP contribution < -0.4 is 14.8 Å². The molecule has 1 N–H and O–H groups in total. The van der Waals surface area contributed by atoms with Gasteiger partial charge in [-0.05, 0) is 55.3 Å². The van der Waals surface area contributed by atoms with Gasteiger partial charge in [-0.3, -0.25) is 0 Å². The summed E-state index contributed by atoms with van der Waals surface area (Å²) in [6, 6.07) is 15.4. The van der Waals surface area contributed by atoms with Crippen LogP contribution in [0.3, 0.4) is 0 Å².